The molecule has 9 heteroatoms. The number of carbonyl (C=O) groups excluding carboxylic acids is 1. The van der Waals surface area contributed by atoms with Gasteiger partial charge >= 0.3 is 12.1 Å². The number of carboxylic acid groups (broad SMARTS) is 1. The predicted molar refractivity (Wildman–Crippen MR) is 85.6 cm³/mol. The molecule has 0 spiro atoms. The summed E-state index contributed by atoms with van der Waals surface area (Å²) in [5.41, 5.74) is 0.110. The highest BCUT2D eigenvalue weighted by Crippen LogP contribution is 2.24. The second-order valence-electron chi connectivity index (χ2n) is 5.58. The van der Waals surface area contributed by atoms with E-state index in [0.29, 0.717) is 21.5 Å². The van der Waals surface area contributed by atoms with Gasteiger partial charge in [-0.05, 0) is 20.8 Å². The summed E-state index contributed by atoms with van der Waals surface area (Å²) in [6.07, 6.45) is -0.497. The zero-order valence-corrected chi connectivity index (χ0v) is 14.1. The minimum absolute atomic E-state index is 0.264. The van der Waals surface area contributed by atoms with Crippen LogP contribution in [0.25, 0.3) is 0 Å². The van der Waals surface area contributed by atoms with Crippen LogP contribution in [0.3, 0.4) is 0 Å². The molecule has 22 heavy (non-hydrogen) atoms. The third-order valence-corrected chi connectivity index (χ3v) is 4.41. The number of thiazole rings is 1. The maximum atomic E-state index is 11.6. The zero-order valence-electron chi connectivity index (χ0n) is 12.5. The van der Waals surface area contributed by atoms with Crippen molar-refractivity contribution in [1.29, 1.82) is 0 Å². The number of nitrogens with zero attached hydrogens (tertiary/aromatic N) is 2. The SMILES string of the molecule is CC(C)(C)OC(=O)NCc1nc(C2=NC(C(=O)O)CS2)cs1. The monoisotopic (exact) mass is 343 g/mol. The lowest BCUT2D eigenvalue weighted by Gasteiger charge is -2.19. The molecule has 0 saturated heterocycles. The highest BCUT2D eigenvalue weighted by Gasteiger charge is 2.26. The lowest BCUT2D eigenvalue weighted by Crippen LogP contribution is -2.32. The van der Waals surface area contributed by atoms with Crippen molar-refractivity contribution in [2.45, 2.75) is 39.0 Å². The van der Waals surface area contributed by atoms with Gasteiger partial charge in [0, 0.05) is 11.1 Å². The molecular weight excluding hydrogens is 326 g/mol. The molecule has 2 rings (SSSR count). The Morgan fingerprint density at radius 3 is 2.82 bits per heavy atom. The molecule has 2 heterocycles. The minimum atomic E-state index is -0.926. The number of rotatable bonds is 4. The molecule has 1 amide bonds. The van der Waals surface area contributed by atoms with Crippen molar-refractivity contribution in [3.05, 3.63) is 16.1 Å². The number of carboxylic acids is 1. The number of aliphatic carboxylic acids is 1. The number of hydrogen-bond donors (Lipinski definition) is 2. The number of alkyl carbamates (subject to hydrolysis) is 1. The number of thioether (sulfide) groups is 1. The molecule has 1 aliphatic rings. The van der Waals surface area contributed by atoms with Crippen LogP contribution in [-0.4, -0.2) is 44.6 Å². The van der Waals surface area contributed by atoms with Crippen molar-refractivity contribution in [3.63, 3.8) is 0 Å². The van der Waals surface area contributed by atoms with Gasteiger partial charge in [-0.2, -0.15) is 0 Å². The van der Waals surface area contributed by atoms with Crippen LogP contribution in [0.5, 0.6) is 0 Å². The van der Waals surface area contributed by atoms with Crippen LogP contribution in [0.15, 0.2) is 10.4 Å². The molecular formula is C13H17N3O4S2. The molecule has 1 unspecified atom stereocenters. The average Bonchev–Trinajstić information content (AvgIpc) is 3.03. The van der Waals surface area contributed by atoms with Gasteiger partial charge in [-0.3, -0.25) is 4.99 Å². The maximum absolute atomic E-state index is 11.6. The largest absolute Gasteiger partial charge is 0.480 e. The van der Waals surface area contributed by atoms with Crippen molar-refractivity contribution in [3.8, 4) is 0 Å². The van der Waals surface area contributed by atoms with Crippen molar-refractivity contribution < 1.29 is 19.4 Å². The molecule has 120 valence electrons. The summed E-state index contributed by atoms with van der Waals surface area (Å²) < 4.78 is 5.14. The summed E-state index contributed by atoms with van der Waals surface area (Å²) in [6.45, 7) is 5.65. The Kier molecular flexibility index (Phi) is 5.07. The summed E-state index contributed by atoms with van der Waals surface area (Å²) in [5.74, 6) is -0.502. The van der Waals surface area contributed by atoms with Crippen molar-refractivity contribution in [2.24, 2.45) is 4.99 Å². The van der Waals surface area contributed by atoms with Crippen LogP contribution in [0.1, 0.15) is 31.5 Å². The van der Waals surface area contributed by atoms with Crippen molar-refractivity contribution >= 4 is 40.2 Å². The van der Waals surface area contributed by atoms with Crippen LogP contribution in [0.2, 0.25) is 0 Å². The number of aliphatic imine (C=N–C) groups is 1. The molecule has 0 radical (unpaired) electrons. The first-order valence-electron chi connectivity index (χ1n) is 6.59. The van der Waals surface area contributed by atoms with Crippen LogP contribution in [0.4, 0.5) is 4.79 Å². The van der Waals surface area contributed by atoms with Gasteiger partial charge in [0.05, 0.1) is 6.54 Å². The van der Waals surface area contributed by atoms with E-state index in [0.717, 1.165) is 0 Å². The summed E-state index contributed by atoms with van der Waals surface area (Å²) >= 11 is 2.76. The van der Waals surface area contributed by atoms with Gasteiger partial charge in [0.2, 0.25) is 0 Å². The van der Waals surface area contributed by atoms with Gasteiger partial charge in [0.15, 0.2) is 6.04 Å². The quantitative estimate of drug-likeness (QED) is 0.868. The zero-order chi connectivity index (χ0) is 16.3. The Morgan fingerprint density at radius 1 is 1.50 bits per heavy atom. The average molecular weight is 343 g/mol. The maximum Gasteiger partial charge on any atom is 0.408 e. The van der Waals surface area contributed by atoms with E-state index in [1.54, 1.807) is 20.8 Å². The van der Waals surface area contributed by atoms with Gasteiger partial charge < -0.3 is 15.2 Å². The highest BCUT2D eigenvalue weighted by atomic mass is 32.2. The molecule has 0 aliphatic carbocycles. The predicted octanol–water partition coefficient (Wildman–Crippen LogP) is 2.11. The van der Waals surface area contributed by atoms with Gasteiger partial charge in [0.1, 0.15) is 21.3 Å². The Hall–Kier alpha value is -1.61. The molecule has 1 atom stereocenters. The summed E-state index contributed by atoms with van der Waals surface area (Å²) in [5, 5.41) is 14.7. The van der Waals surface area contributed by atoms with E-state index in [2.05, 4.69) is 15.3 Å². The Balaban J connectivity index is 1.91. The number of hydrogen-bond acceptors (Lipinski definition) is 7. The van der Waals surface area contributed by atoms with E-state index in [1.165, 1.54) is 23.1 Å². The highest BCUT2D eigenvalue weighted by molar-refractivity contribution is 8.14. The van der Waals surface area contributed by atoms with Gasteiger partial charge in [-0.1, -0.05) is 0 Å². The van der Waals surface area contributed by atoms with E-state index >= 15 is 0 Å². The Labute approximate surface area is 136 Å². The molecule has 0 fully saturated rings. The second kappa shape index (κ2) is 6.66. The van der Waals surface area contributed by atoms with Crippen LogP contribution in [0, 0.1) is 0 Å². The van der Waals surface area contributed by atoms with E-state index in [1.807, 2.05) is 5.38 Å². The first-order chi connectivity index (χ1) is 10.2. The van der Waals surface area contributed by atoms with Gasteiger partial charge in [-0.15, -0.1) is 23.1 Å². The molecule has 0 saturated carbocycles. The fourth-order valence-corrected chi connectivity index (χ4v) is 3.37. The second-order valence-corrected chi connectivity index (χ2v) is 7.53. The lowest BCUT2D eigenvalue weighted by molar-refractivity contribution is -0.137. The van der Waals surface area contributed by atoms with Gasteiger partial charge in [-0.25, -0.2) is 14.6 Å². The van der Waals surface area contributed by atoms with Crippen molar-refractivity contribution in [2.75, 3.05) is 5.75 Å². The normalized spacial score (nSPS) is 18.0. The van der Waals surface area contributed by atoms with Crippen molar-refractivity contribution in [1.82, 2.24) is 10.3 Å². The summed E-state index contributed by atoms with van der Waals surface area (Å²) in [4.78, 5) is 30.9. The molecule has 1 aromatic rings. The lowest BCUT2D eigenvalue weighted by atomic mass is 10.2. The first kappa shape index (κ1) is 16.8. The Morgan fingerprint density at radius 2 is 2.23 bits per heavy atom. The van der Waals surface area contributed by atoms with E-state index < -0.39 is 23.7 Å². The van der Waals surface area contributed by atoms with Crippen LogP contribution >= 0.6 is 23.1 Å². The number of ether oxygens (including phenoxy) is 1. The number of nitrogens with one attached hydrogen (secondary N) is 1. The Bertz CT molecular complexity index is 607. The van der Waals surface area contributed by atoms with Crippen LogP contribution < -0.4 is 5.32 Å². The van der Waals surface area contributed by atoms with E-state index in [4.69, 9.17) is 9.84 Å². The standard InChI is InChI=1S/C13H17N3O4S2/c1-13(2,3)20-12(19)14-4-9-15-7(5-21-9)10-16-8(6-22-10)11(17)18/h5,8H,4,6H2,1-3H3,(H,14,19)(H,17,18). The molecule has 1 aliphatic heterocycles. The number of carbonyl (C=O) groups is 2. The number of amides is 1. The topological polar surface area (TPSA) is 101 Å². The molecule has 1 aromatic heterocycles. The minimum Gasteiger partial charge on any atom is -0.480 e. The van der Waals surface area contributed by atoms with Gasteiger partial charge in [0.25, 0.3) is 0 Å². The van der Waals surface area contributed by atoms with E-state index in [-0.39, 0.29) is 6.54 Å². The third-order valence-electron chi connectivity index (χ3n) is 2.49. The first-order valence-corrected chi connectivity index (χ1v) is 8.46. The third kappa shape index (κ3) is 4.70. The summed E-state index contributed by atoms with van der Waals surface area (Å²) in [6, 6.07) is -0.704. The molecule has 7 nitrogen and oxygen atoms in total. The smallest absolute Gasteiger partial charge is 0.408 e. The summed E-state index contributed by atoms with van der Waals surface area (Å²) in [7, 11) is 0. The van der Waals surface area contributed by atoms with Crippen LogP contribution in [-0.2, 0) is 16.1 Å². The fraction of sp³-hybridized carbons (Fsp3) is 0.538. The fourth-order valence-electron chi connectivity index (χ4n) is 1.59. The number of aromatic nitrogens is 1. The molecule has 0 aromatic carbocycles. The molecule has 2 N–H and O–H groups in total. The van der Waals surface area contributed by atoms with E-state index in [9.17, 15) is 9.59 Å². The molecule has 0 bridgehead atoms.